The minimum absolute atomic E-state index is 0.0793. The number of rotatable bonds is 5. The van der Waals surface area contributed by atoms with Crippen molar-refractivity contribution in [1.29, 1.82) is 0 Å². The molecule has 0 spiro atoms. The first-order valence-corrected chi connectivity index (χ1v) is 11.2. The van der Waals surface area contributed by atoms with Gasteiger partial charge in [-0.15, -0.1) is 0 Å². The molecule has 0 aliphatic carbocycles. The van der Waals surface area contributed by atoms with Crippen molar-refractivity contribution in [2.75, 3.05) is 60.7 Å². The maximum Gasteiger partial charge on any atom is 0.409 e. The van der Waals surface area contributed by atoms with E-state index in [2.05, 4.69) is 35.8 Å². The van der Waals surface area contributed by atoms with E-state index in [-0.39, 0.29) is 42.0 Å². The molecular formula is C23H23FN8O4. The number of amides is 2. The Hall–Kier alpha value is -4.68. The highest BCUT2D eigenvalue weighted by molar-refractivity contribution is 5.94. The summed E-state index contributed by atoms with van der Waals surface area (Å²) in [4.78, 5) is 39.5. The lowest BCUT2D eigenvalue weighted by Gasteiger charge is -2.35. The Bertz CT molecular complexity index is 1280. The molecule has 12 nitrogen and oxygen atoms in total. The Labute approximate surface area is 205 Å². The first kappa shape index (κ1) is 23.1. The monoisotopic (exact) mass is 494 g/mol. The summed E-state index contributed by atoms with van der Waals surface area (Å²) in [6.07, 6.45) is 0.737. The van der Waals surface area contributed by atoms with Gasteiger partial charge in [0.25, 0.3) is 5.91 Å². The number of carbonyl (C=O) groups is 2. The molecule has 0 bridgehead atoms. The molecule has 1 fully saturated rings. The van der Waals surface area contributed by atoms with Crippen LogP contribution in [0.1, 0.15) is 0 Å². The first-order valence-electron chi connectivity index (χ1n) is 11.2. The molecule has 1 aromatic carbocycles. The van der Waals surface area contributed by atoms with Crippen LogP contribution in [0.5, 0.6) is 5.75 Å². The summed E-state index contributed by atoms with van der Waals surface area (Å²) in [5, 5.41) is 8.46. The molecular weight excluding hydrogens is 471 g/mol. The normalized spacial score (nSPS) is 14.9. The van der Waals surface area contributed by atoms with Gasteiger partial charge < -0.3 is 35.2 Å². The Balaban J connectivity index is 1.23. The third-order valence-corrected chi connectivity index (χ3v) is 5.67. The minimum Gasteiger partial charge on any atom is -0.480 e. The standard InChI is InChI=1S/C23H23FN8O4/c1-35-23(34)32-10-8-31(9-11-32)15-4-2-14(3-5-15)26-22-25-12-16(24)20(30-22)27-18-7-6-17-21(28-18)29-19(33)13-36-17/h2-7,12H,8-11,13H2,1H3,(H3,25,26,27,28,29,30,33). The molecule has 2 aromatic heterocycles. The molecule has 0 saturated carbocycles. The van der Waals surface area contributed by atoms with Gasteiger partial charge in [0.1, 0.15) is 5.82 Å². The third kappa shape index (κ3) is 5.04. The molecule has 0 atom stereocenters. The quantitative estimate of drug-likeness (QED) is 0.486. The number of piperazine rings is 1. The molecule has 2 aliphatic heterocycles. The topological polar surface area (TPSA) is 134 Å². The fourth-order valence-electron chi connectivity index (χ4n) is 3.83. The molecule has 3 N–H and O–H groups in total. The summed E-state index contributed by atoms with van der Waals surface area (Å²) in [7, 11) is 1.38. The van der Waals surface area contributed by atoms with E-state index in [4.69, 9.17) is 9.47 Å². The fourth-order valence-corrected chi connectivity index (χ4v) is 3.83. The van der Waals surface area contributed by atoms with Crippen molar-refractivity contribution in [2.24, 2.45) is 0 Å². The van der Waals surface area contributed by atoms with Gasteiger partial charge in [-0.1, -0.05) is 0 Å². The third-order valence-electron chi connectivity index (χ3n) is 5.67. The Kier molecular flexibility index (Phi) is 6.34. The van der Waals surface area contributed by atoms with E-state index in [0.717, 1.165) is 17.6 Å². The highest BCUT2D eigenvalue weighted by atomic mass is 19.1. The highest BCUT2D eigenvalue weighted by Gasteiger charge is 2.22. The number of carbonyl (C=O) groups excluding carboxylic acids is 2. The zero-order valence-electron chi connectivity index (χ0n) is 19.3. The van der Waals surface area contributed by atoms with Gasteiger partial charge in [-0.25, -0.2) is 19.2 Å². The first-order chi connectivity index (χ1) is 17.5. The van der Waals surface area contributed by atoms with Crippen molar-refractivity contribution in [1.82, 2.24) is 19.9 Å². The van der Waals surface area contributed by atoms with Crippen LogP contribution in [0.4, 0.5) is 44.0 Å². The van der Waals surface area contributed by atoms with E-state index in [1.807, 2.05) is 24.3 Å². The largest absolute Gasteiger partial charge is 0.480 e. The minimum atomic E-state index is -0.665. The van der Waals surface area contributed by atoms with Gasteiger partial charge in [0.15, 0.2) is 29.8 Å². The van der Waals surface area contributed by atoms with Crippen molar-refractivity contribution < 1.29 is 23.5 Å². The zero-order chi connectivity index (χ0) is 25.1. The number of nitrogens with zero attached hydrogens (tertiary/aromatic N) is 5. The summed E-state index contributed by atoms with van der Waals surface area (Å²) in [6, 6.07) is 10.9. The van der Waals surface area contributed by atoms with Crippen molar-refractivity contribution in [3.8, 4) is 5.75 Å². The van der Waals surface area contributed by atoms with Gasteiger partial charge in [0.2, 0.25) is 5.95 Å². The number of ether oxygens (including phenoxy) is 2. The summed E-state index contributed by atoms with van der Waals surface area (Å²) < 4.78 is 24.4. The molecule has 1 saturated heterocycles. The number of hydrogen-bond donors (Lipinski definition) is 3. The van der Waals surface area contributed by atoms with Gasteiger partial charge in [0.05, 0.1) is 13.3 Å². The van der Waals surface area contributed by atoms with E-state index in [1.165, 1.54) is 7.11 Å². The number of benzene rings is 1. The number of halogens is 1. The number of fused-ring (bicyclic) bond motifs is 1. The Morgan fingerprint density at radius 3 is 2.61 bits per heavy atom. The van der Waals surface area contributed by atoms with Gasteiger partial charge >= 0.3 is 6.09 Å². The number of pyridine rings is 1. The summed E-state index contributed by atoms with van der Waals surface area (Å²) >= 11 is 0. The van der Waals surface area contributed by atoms with Crippen LogP contribution < -0.4 is 25.6 Å². The maximum absolute atomic E-state index is 14.4. The van der Waals surface area contributed by atoms with Crippen LogP contribution in [0.15, 0.2) is 42.6 Å². The van der Waals surface area contributed by atoms with Crippen molar-refractivity contribution >= 4 is 46.8 Å². The van der Waals surface area contributed by atoms with Gasteiger partial charge in [-0.05, 0) is 36.4 Å². The van der Waals surface area contributed by atoms with Crippen LogP contribution in [-0.4, -0.2) is 71.7 Å². The van der Waals surface area contributed by atoms with Gasteiger partial charge in [-0.2, -0.15) is 4.98 Å². The Morgan fingerprint density at radius 2 is 1.86 bits per heavy atom. The number of aromatic nitrogens is 3. The predicted molar refractivity (Wildman–Crippen MR) is 130 cm³/mol. The molecule has 4 heterocycles. The molecule has 0 unspecified atom stereocenters. The summed E-state index contributed by atoms with van der Waals surface area (Å²) in [5.41, 5.74) is 1.73. The lowest BCUT2D eigenvalue weighted by Crippen LogP contribution is -2.48. The molecule has 0 radical (unpaired) electrons. The van der Waals surface area contributed by atoms with Crippen molar-refractivity contribution in [3.05, 3.63) is 48.4 Å². The lowest BCUT2D eigenvalue weighted by atomic mass is 10.2. The second-order valence-electron chi connectivity index (χ2n) is 8.01. The van der Waals surface area contributed by atoms with E-state index in [0.29, 0.717) is 31.9 Å². The second kappa shape index (κ2) is 9.90. The Morgan fingerprint density at radius 1 is 1.08 bits per heavy atom. The number of hydrogen-bond acceptors (Lipinski definition) is 10. The van der Waals surface area contributed by atoms with Crippen molar-refractivity contribution in [2.45, 2.75) is 0 Å². The summed E-state index contributed by atoms with van der Waals surface area (Å²) in [5.74, 6) is 0.0780. The van der Waals surface area contributed by atoms with E-state index in [9.17, 15) is 14.0 Å². The SMILES string of the molecule is COC(=O)N1CCN(c2ccc(Nc3ncc(F)c(Nc4ccc5c(n4)NC(=O)CO5)n3)cc2)CC1. The average molecular weight is 494 g/mol. The second-order valence-corrected chi connectivity index (χ2v) is 8.01. The van der Waals surface area contributed by atoms with Crippen LogP contribution in [0.25, 0.3) is 0 Å². The van der Waals surface area contributed by atoms with Gasteiger partial charge in [-0.3, -0.25) is 4.79 Å². The maximum atomic E-state index is 14.4. The highest BCUT2D eigenvalue weighted by Crippen LogP contribution is 2.29. The van der Waals surface area contributed by atoms with Crippen molar-refractivity contribution in [3.63, 3.8) is 0 Å². The molecule has 13 heteroatoms. The lowest BCUT2D eigenvalue weighted by molar-refractivity contribution is -0.118. The number of anilines is 6. The predicted octanol–water partition coefficient (Wildman–Crippen LogP) is 2.72. The average Bonchev–Trinajstić information content (AvgIpc) is 2.90. The van der Waals surface area contributed by atoms with E-state index < -0.39 is 5.82 Å². The van der Waals surface area contributed by atoms with E-state index >= 15 is 0 Å². The molecule has 2 amide bonds. The molecule has 36 heavy (non-hydrogen) atoms. The zero-order valence-corrected chi connectivity index (χ0v) is 19.3. The smallest absolute Gasteiger partial charge is 0.409 e. The van der Waals surface area contributed by atoms with Gasteiger partial charge in [0, 0.05) is 37.6 Å². The van der Waals surface area contributed by atoms with Crippen LogP contribution in [0.2, 0.25) is 0 Å². The van der Waals surface area contributed by atoms with Crippen LogP contribution in [0.3, 0.4) is 0 Å². The molecule has 2 aliphatic rings. The summed E-state index contributed by atoms with van der Waals surface area (Å²) in [6.45, 7) is 2.49. The van der Waals surface area contributed by atoms with Crippen LogP contribution in [-0.2, 0) is 9.53 Å². The fraction of sp³-hybridized carbons (Fsp3) is 0.261. The number of methoxy groups -OCH3 is 1. The molecule has 3 aromatic rings. The molecule has 186 valence electrons. The number of nitrogens with one attached hydrogen (secondary N) is 3. The molecule has 5 rings (SSSR count). The van der Waals surface area contributed by atoms with Crippen LogP contribution >= 0.6 is 0 Å². The van der Waals surface area contributed by atoms with Crippen LogP contribution in [0, 0.1) is 5.82 Å². The van der Waals surface area contributed by atoms with E-state index in [1.54, 1.807) is 17.0 Å².